The number of hydrogen-bond donors (Lipinski definition) is 1. The minimum Gasteiger partial charge on any atom is -0.307 e. The van der Waals surface area contributed by atoms with Crippen LogP contribution in [0.2, 0.25) is 0 Å². The van der Waals surface area contributed by atoms with E-state index in [9.17, 15) is 13.6 Å². The number of nitrogens with zero attached hydrogens (tertiary/aromatic N) is 3. The zero-order valence-electron chi connectivity index (χ0n) is 7.86. The van der Waals surface area contributed by atoms with Crippen LogP contribution in [0, 0.1) is 0 Å². The molecule has 0 bridgehead atoms. The van der Waals surface area contributed by atoms with Crippen molar-refractivity contribution in [3.8, 4) is 0 Å². The van der Waals surface area contributed by atoms with Gasteiger partial charge in [0.25, 0.3) is 0 Å². The Labute approximate surface area is 84.7 Å². The van der Waals surface area contributed by atoms with Crippen LogP contribution in [0.3, 0.4) is 0 Å². The molecule has 1 N–H and O–H groups in total. The highest BCUT2D eigenvalue weighted by atomic mass is 19.3. The molecule has 1 amide bonds. The number of aromatic nitrogens is 2. The van der Waals surface area contributed by atoms with Gasteiger partial charge < -0.3 is 5.32 Å². The van der Waals surface area contributed by atoms with Gasteiger partial charge in [0.15, 0.2) is 5.82 Å². The van der Waals surface area contributed by atoms with E-state index in [2.05, 4.69) is 10.4 Å². The predicted octanol–water partition coefficient (Wildman–Crippen LogP) is 0.214. The van der Waals surface area contributed by atoms with Crippen molar-refractivity contribution in [1.29, 1.82) is 0 Å². The summed E-state index contributed by atoms with van der Waals surface area (Å²) in [5.74, 6) is 0.127. The molecule has 0 aliphatic carbocycles. The Morgan fingerprint density at radius 1 is 1.53 bits per heavy atom. The van der Waals surface area contributed by atoms with E-state index >= 15 is 0 Å². The van der Waals surface area contributed by atoms with Crippen LogP contribution >= 0.6 is 0 Å². The predicted molar refractivity (Wildman–Crippen MR) is 48.7 cm³/mol. The minimum atomic E-state index is -2.67. The fourth-order valence-corrected chi connectivity index (χ4v) is 1.43. The van der Waals surface area contributed by atoms with Gasteiger partial charge in [0.05, 0.1) is 6.54 Å². The fourth-order valence-electron chi connectivity index (χ4n) is 1.43. The SMILES string of the molecule is O=C1CNCCN1c1ccn(C(F)F)n1. The summed E-state index contributed by atoms with van der Waals surface area (Å²) in [6.07, 6.45) is 1.16. The molecule has 0 radical (unpaired) electrons. The van der Waals surface area contributed by atoms with Gasteiger partial charge in [0, 0.05) is 25.4 Å². The molecule has 5 nitrogen and oxygen atoms in total. The lowest BCUT2D eigenvalue weighted by atomic mass is 10.3. The fraction of sp³-hybridized carbons (Fsp3) is 0.500. The second-order valence-electron chi connectivity index (χ2n) is 3.15. The third-order valence-corrected chi connectivity index (χ3v) is 2.16. The number of nitrogens with one attached hydrogen (secondary N) is 1. The summed E-state index contributed by atoms with van der Waals surface area (Å²) in [7, 11) is 0. The summed E-state index contributed by atoms with van der Waals surface area (Å²) in [6, 6.07) is 1.41. The van der Waals surface area contributed by atoms with Gasteiger partial charge in [-0.25, -0.2) is 4.68 Å². The van der Waals surface area contributed by atoms with Gasteiger partial charge in [0.2, 0.25) is 5.91 Å². The number of carbonyl (C=O) groups is 1. The number of carbonyl (C=O) groups excluding carboxylic acids is 1. The lowest BCUT2D eigenvalue weighted by Gasteiger charge is -2.25. The van der Waals surface area contributed by atoms with Gasteiger partial charge in [-0.2, -0.15) is 8.78 Å². The van der Waals surface area contributed by atoms with Crippen molar-refractivity contribution in [2.75, 3.05) is 24.5 Å². The largest absolute Gasteiger partial charge is 0.333 e. The maximum atomic E-state index is 12.2. The molecule has 1 saturated heterocycles. The van der Waals surface area contributed by atoms with Crippen LogP contribution in [0.4, 0.5) is 14.6 Å². The lowest BCUT2D eigenvalue weighted by molar-refractivity contribution is -0.118. The molecule has 0 unspecified atom stereocenters. The van der Waals surface area contributed by atoms with Crippen LogP contribution in [0.5, 0.6) is 0 Å². The van der Waals surface area contributed by atoms with Crippen molar-refractivity contribution >= 4 is 11.7 Å². The number of amides is 1. The number of halogens is 2. The van der Waals surface area contributed by atoms with Gasteiger partial charge in [-0.15, -0.1) is 5.10 Å². The number of piperazine rings is 1. The molecule has 0 aromatic carbocycles. The highest BCUT2D eigenvalue weighted by Gasteiger charge is 2.21. The minimum absolute atomic E-state index is 0.152. The number of hydrogen-bond acceptors (Lipinski definition) is 3. The van der Waals surface area contributed by atoms with E-state index in [0.29, 0.717) is 17.8 Å². The van der Waals surface area contributed by atoms with Gasteiger partial charge in [-0.1, -0.05) is 0 Å². The summed E-state index contributed by atoms with van der Waals surface area (Å²) in [5, 5.41) is 6.52. The first-order valence-corrected chi connectivity index (χ1v) is 4.53. The van der Waals surface area contributed by atoms with Gasteiger partial charge >= 0.3 is 6.55 Å². The Kier molecular flexibility index (Phi) is 2.63. The molecule has 0 saturated carbocycles. The van der Waals surface area contributed by atoms with E-state index in [-0.39, 0.29) is 18.3 Å². The summed E-state index contributed by atoms with van der Waals surface area (Å²) in [4.78, 5) is 12.8. The molecule has 1 aromatic rings. The molecule has 0 spiro atoms. The molecule has 0 atom stereocenters. The maximum Gasteiger partial charge on any atom is 0.333 e. The molecule has 7 heteroatoms. The van der Waals surface area contributed by atoms with Crippen LogP contribution in [-0.2, 0) is 4.79 Å². The lowest BCUT2D eigenvalue weighted by Crippen LogP contribution is -2.48. The maximum absolute atomic E-state index is 12.2. The molecule has 82 valence electrons. The topological polar surface area (TPSA) is 50.2 Å². The molecular formula is C8H10F2N4O. The molecule has 1 aliphatic heterocycles. The molecule has 15 heavy (non-hydrogen) atoms. The normalized spacial score (nSPS) is 17.5. The number of rotatable bonds is 2. The Morgan fingerprint density at radius 3 is 2.93 bits per heavy atom. The second-order valence-corrected chi connectivity index (χ2v) is 3.15. The van der Waals surface area contributed by atoms with Crippen molar-refractivity contribution in [2.24, 2.45) is 0 Å². The first kappa shape index (κ1) is 10.0. The third-order valence-electron chi connectivity index (χ3n) is 2.16. The number of alkyl halides is 2. The van der Waals surface area contributed by atoms with E-state index in [1.54, 1.807) is 0 Å². The Bertz CT molecular complexity index is 365. The van der Waals surface area contributed by atoms with Gasteiger partial charge in [0.1, 0.15) is 0 Å². The van der Waals surface area contributed by atoms with E-state index in [4.69, 9.17) is 0 Å². The zero-order chi connectivity index (χ0) is 10.8. The van der Waals surface area contributed by atoms with Gasteiger partial charge in [-0.05, 0) is 0 Å². The third kappa shape index (κ3) is 1.96. The highest BCUT2D eigenvalue weighted by Crippen LogP contribution is 2.16. The molecule has 1 aromatic heterocycles. The first-order valence-electron chi connectivity index (χ1n) is 4.53. The first-order chi connectivity index (χ1) is 7.18. The Morgan fingerprint density at radius 2 is 2.33 bits per heavy atom. The molecule has 2 heterocycles. The smallest absolute Gasteiger partial charge is 0.307 e. The standard InChI is InChI=1S/C8H10F2N4O/c9-8(10)14-3-1-6(12-14)13-4-2-11-5-7(13)15/h1,3,8,11H,2,4-5H2. The summed E-state index contributed by atoms with van der Waals surface area (Å²) in [5.41, 5.74) is 0. The summed E-state index contributed by atoms with van der Waals surface area (Å²) >= 11 is 0. The van der Waals surface area contributed by atoms with Crippen molar-refractivity contribution in [1.82, 2.24) is 15.1 Å². The summed E-state index contributed by atoms with van der Waals surface area (Å²) < 4.78 is 25.0. The molecular weight excluding hydrogens is 206 g/mol. The highest BCUT2D eigenvalue weighted by molar-refractivity contribution is 5.94. The van der Waals surface area contributed by atoms with Crippen LogP contribution in [0.15, 0.2) is 12.3 Å². The monoisotopic (exact) mass is 216 g/mol. The second kappa shape index (κ2) is 3.93. The van der Waals surface area contributed by atoms with Crippen LogP contribution in [0.1, 0.15) is 6.55 Å². The average Bonchev–Trinajstić information content (AvgIpc) is 2.67. The van der Waals surface area contributed by atoms with E-state index in [1.165, 1.54) is 11.0 Å². The average molecular weight is 216 g/mol. The number of anilines is 1. The van der Waals surface area contributed by atoms with E-state index in [1.807, 2.05) is 0 Å². The van der Waals surface area contributed by atoms with Crippen LogP contribution in [-0.4, -0.2) is 35.3 Å². The van der Waals surface area contributed by atoms with Crippen molar-refractivity contribution < 1.29 is 13.6 Å². The van der Waals surface area contributed by atoms with Crippen molar-refractivity contribution in [3.63, 3.8) is 0 Å². The van der Waals surface area contributed by atoms with Crippen LogP contribution in [0.25, 0.3) is 0 Å². The quantitative estimate of drug-likeness (QED) is 0.769. The molecule has 1 fully saturated rings. The zero-order valence-corrected chi connectivity index (χ0v) is 7.86. The van der Waals surface area contributed by atoms with E-state index in [0.717, 1.165) is 6.20 Å². The van der Waals surface area contributed by atoms with Crippen LogP contribution < -0.4 is 10.2 Å². The Balaban J connectivity index is 2.17. The molecule has 2 rings (SSSR count). The molecule has 1 aliphatic rings. The van der Waals surface area contributed by atoms with E-state index < -0.39 is 6.55 Å². The summed E-state index contributed by atoms with van der Waals surface area (Å²) in [6.45, 7) is -1.34. The Hall–Kier alpha value is -1.50. The van der Waals surface area contributed by atoms with Gasteiger partial charge in [-0.3, -0.25) is 9.69 Å². The van der Waals surface area contributed by atoms with Crippen molar-refractivity contribution in [3.05, 3.63) is 12.3 Å². The van der Waals surface area contributed by atoms with Crippen molar-refractivity contribution in [2.45, 2.75) is 6.55 Å².